The van der Waals surface area contributed by atoms with Crippen molar-refractivity contribution in [2.45, 2.75) is 20.8 Å². The van der Waals surface area contributed by atoms with Gasteiger partial charge in [0, 0.05) is 18.1 Å². The van der Waals surface area contributed by atoms with E-state index in [1.807, 2.05) is 6.20 Å². The van der Waals surface area contributed by atoms with Gasteiger partial charge in [-0.3, -0.25) is 0 Å². The molecule has 0 spiro atoms. The average molecular weight is 175 g/mol. The van der Waals surface area contributed by atoms with Crippen LogP contribution in [-0.2, 0) is 0 Å². The van der Waals surface area contributed by atoms with Crippen molar-refractivity contribution in [2.24, 2.45) is 0 Å². The van der Waals surface area contributed by atoms with Crippen molar-refractivity contribution in [1.82, 2.24) is 9.38 Å². The molecule has 2 aromatic heterocycles. The third kappa shape index (κ3) is 0.932. The number of nitrogen functional groups attached to an aromatic ring is 1. The summed E-state index contributed by atoms with van der Waals surface area (Å²) < 4.78 is 2.09. The Morgan fingerprint density at radius 2 is 1.92 bits per heavy atom. The number of rotatable bonds is 0. The van der Waals surface area contributed by atoms with E-state index in [2.05, 4.69) is 30.2 Å². The number of hydrogen-bond donors (Lipinski definition) is 1. The van der Waals surface area contributed by atoms with Crippen LogP contribution in [0.3, 0.4) is 0 Å². The Hall–Kier alpha value is -1.51. The van der Waals surface area contributed by atoms with Gasteiger partial charge in [-0.05, 0) is 31.9 Å². The number of fused-ring (bicyclic) bond motifs is 1. The van der Waals surface area contributed by atoms with Crippen LogP contribution in [0.25, 0.3) is 5.52 Å². The molecular weight excluding hydrogens is 162 g/mol. The molecule has 2 heterocycles. The van der Waals surface area contributed by atoms with E-state index in [9.17, 15) is 0 Å². The van der Waals surface area contributed by atoms with Crippen LogP contribution in [0.15, 0.2) is 12.4 Å². The van der Waals surface area contributed by atoms with Crippen LogP contribution in [0.1, 0.15) is 16.8 Å². The lowest BCUT2D eigenvalue weighted by Crippen LogP contribution is -1.95. The molecule has 0 aromatic carbocycles. The molecule has 68 valence electrons. The smallest absolute Gasteiger partial charge is 0.148 e. The third-order valence-electron chi connectivity index (χ3n) is 2.73. The van der Waals surface area contributed by atoms with Crippen molar-refractivity contribution < 1.29 is 0 Å². The first-order valence-electron chi connectivity index (χ1n) is 4.31. The molecule has 13 heavy (non-hydrogen) atoms. The number of anilines is 1. The van der Waals surface area contributed by atoms with Gasteiger partial charge in [-0.25, -0.2) is 4.98 Å². The number of nitrogens with zero attached hydrogens (tertiary/aromatic N) is 2. The van der Waals surface area contributed by atoms with Crippen LogP contribution in [0.2, 0.25) is 0 Å². The van der Waals surface area contributed by atoms with E-state index in [-0.39, 0.29) is 0 Å². The highest BCUT2D eigenvalue weighted by molar-refractivity contribution is 5.73. The minimum absolute atomic E-state index is 0.608. The summed E-state index contributed by atoms with van der Waals surface area (Å²) in [5.41, 5.74) is 10.6. The number of aryl methyl sites for hydroxylation is 2. The van der Waals surface area contributed by atoms with Crippen LogP contribution < -0.4 is 5.73 Å². The van der Waals surface area contributed by atoms with E-state index in [0.717, 1.165) is 5.52 Å². The quantitative estimate of drug-likeness (QED) is 0.664. The van der Waals surface area contributed by atoms with E-state index >= 15 is 0 Å². The summed E-state index contributed by atoms with van der Waals surface area (Å²) in [6.45, 7) is 6.28. The van der Waals surface area contributed by atoms with Gasteiger partial charge in [0.05, 0.1) is 5.52 Å². The van der Waals surface area contributed by atoms with Crippen LogP contribution in [-0.4, -0.2) is 9.38 Å². The van der Waals surface area contributed by atoms with Gasteiger partial charge in [-0.1, -0.05) is 0 Å². The summed E-state index contributed by atoms with van der Waals surface area (Å²) in [5, 5.41) is 0. The maximum atomic E-state index is 5.81. The average Bonchev–Trinajstić information content (AvgIpc) is 2.33. The Morgan fingerprint density at radius 3 is 2.54 bits per heavy atom. The Labute approximate surface area is 77.2 Å². The lowest BCUT2D eigenvalue weighted by Gasteiger charge is -1.99. The number of hydrogen-bond acceptors (Lipinski definition) is 2. The normalized spacial score (nSPS) is 11.0. The zero-order valence-corrected chi connectivity index (χ0v) is 8.13. The fourth-order valence-electron chi connectivity index (χ4n) is 1.72. The van der Waals surface area contributed by atoms with Crippen LogP contribution in [0.4, 0.5) is 5.82 Å². The lowest BCUT2D eigenvalue weighted by atomic mass is 10.2. The zero-order valence-electron chi connectivity index (χ0n) is 8.13. The summed E-state index contributed by atoms with van der Waals surface area (Å²) in [6, 6.07) is 0. The molecule has 0 saturated heterocycles. The molecule has 0 aliphatic carbocycles. The zero-order chi connectivity index (χ0) is 9.59. The van der Waals surface area contributed by atoms with E-state index in [1.54, 1.807) is 6.20 Å². The molecule has 0 fully saturated rings. The Morgan fingerprint density at radius 1 is 1.23 bits per heavy atom. The third-order valence-corrected chi connectivity index (χ3v) is 2.73. The van der Waals surface area contributed by atoms with Crippen LogP contribution in [0, 0.1) is 20.8 Å². The Bertz CT molecular complexity index is 468. The van der Waals surface area contributed by atoms with Gasteiger partial charge in [-0.2, -0.15) is 0 Å². The first kappa shape index (κ1) is 8.10. The van der Waals surface area contributed by atoms with E-state index in [1.165, 1.54) is 16.8 Å². The molecule has 0 bridgehead atoms. The van der Waals surface area contributed by atoms with Gasteiger partial charge < -0.3 is 10.1 Å². The number of aromatic nitrogens is 2. The highest BCUT2D eigenvalue weighted by atomic mass is 15.0. The SMILES string of the molecule is Cc1c(C)c2c(N)nccn2c1C. The van der Waals surface area contributed by atoms with Gasteiger partial charge >= 0.3 is 0 Å². The molecule has 2 aromatic rings. The fraction of sp³-hybridized carbons (Fsp3) is 0.300. The van der Waals surface area contributed by atoms with Crippen LogP contribution >= 0.6 is 0 Å². The largest absolute Gasteiger partial charge is 0.382 e. The minimum atomic E-state index is 0.608. The minimum Gasteiger partial charge on any atom is -0.382 e. The molecule has 0 amide bonds. The fourth-order valence-corrected chi connectivity index (χ4v) is 1.72. The molecule has 0 saturated carbocycles. The summed E-state index contributed by atoms with van der Waals surface area (Å²) in [6.07, 6.45) is 3.68. The molecule has 3 heteroatoms. The second-order valence-electron chi connectivity index (χ2n) is 3.37. The molecule has 0 atom stereocenters. The Kier molecular flexibility index (Phi) is 1.55. The van der Waals surface area contributed by atoms with Gasteiger partial charge in [0.1, 0.15) is 5.82 Å². The van der Waals surface area contributed by atoms with Crippen LogP contribution in [0.5, 0.6) is 0 Å². The molecular formula is C10H13N3. The summed E-state index contributed by atoms with van der Waals surface area (Å²) >= 11 is 0. The van der Waals surface area contributed by atoms with Gasteiger partial charge in [0.2, 0.25) is 0 Å². The molecule has 2 N–H and O–H groups in total. The van der Waals surface area contributed by atoms with E-state index in [4.69, 9.17) is 5.73 Å². The first-order valence-corrected chi connectivity index (χ1v) is 4.31. The maximum absolute atomic E-state index is 5.81. The molecule has 0 unspecified atom stereocenters. The Balaban J connectivity index is 3.03. The van der Waals surface area contributed by atoms with E-state index < -0.39 is 0 Å². The standard InChI is InChI=1S/C10H13N3/c1-6-7(2)9-10(11)12-4-5-13(9)8(6)3/h4-5H,1-3H3,(H2,11,12). The van der Waals surface area contributed by atoms with Gasteiger partial charge in [0.15, 0.2) is 0 Å². The second-order valence-corrected chi connectivity index (χ2v) is 3.37. The summed E-state index contributed by atoms with van der Waals surface area (Å²) in [5.74, 6) is 0.608. The predicted octanol–water partition coefficient (Wildman–Crippen LogP) is 1.84. The van der Waals surface area contributed by atoms with Gasteiger partial charge in [-0.15, -0.1) is 0 Å². The van der Waals surface area contributed by atoms with Crippen molar-refractivity contribution >= 4 is 11.3 Å². The van der Waals surface area contributed by atoms with Crippen molar-refractivity contribution in [3.63, 3.8) is 0 Å². The highest BCUT2D eigenvalue weighted by Gasteiger charge is 2.10. The topological polar surface area (TPSA) is 43.3 Å². The molecule has 0 aliphatic heterocycles. The van der Waals surface area contributed by atoms with Gasteiger partial charge in [0.25, 0.3) is 0 Å². The van der Waals surface area contributed by atoms with Crippen molar-refractivity contribution in [1.29, 1.82) is 0 Å². The van der Waals surface area contributed by atoms with Crippen molar-refractivity contribution in [3.05, 3.63) is 29.2 Å². The summed E-state index contributed by atoms with van der Waals surface area (Å²) in [7, 11) is 0. The van der Waals surface area contributed by atoms with Crippen molar-refractivity contribution in [2.75, 3.05) is 5.73 Å². The molecule has 0 radical (unpaired) electrons. The monoisotopic (exact) mass is 175 g/mol. The highest BCUT2D eigenvalue weighted by Crippen LogP contribution is 2.24. The second kappa shape index (κ2) is 2.49. The molecule has 2 rings (SSSR count). The first-order chi connectivity index (χ1) is 6.13. The summed E-state index contributed by atoms with van der Waals surface area (Å²) in [4.78, 5) is 4.08. The molecule has 3 nitrogen and oxygen atoms in total. The van der Waals surface area contributed by atoms with E-state index in [0.29, 0.717) is 5.82 Å². The lowest BCUT2D eigenvalue weighted by molar-refractivity contribution is 1.07. The molecule has 0 aliphatic rings. The maximum Gasteiger partial charge on any atom is 0.148 e. The van der Waals surface area contributed by atoms with Crippen molar-refractivity contribution in [3.8, 4) is 0 Å². The number of nitrogens with two attached hydrogens (primary N) is 1. The predicted molar refractivity (Wildman–Crippen MR) is 53.8 cm³/mol.